The Bertz CT molecular complexity index is 1580. The fourth-order valence-corrected chi connectivity index (χ4v) is 5.29. The molecule has 4 aromatic rings. The molecule has 0 aliphatic carbocycles. The number of pyridine rings is 3. The van der Waals surface area contributed by atoms with Crippen LogP contribution in [0, 0.1) is 5.82 Å². The van der Waals surface area contributed by atoms with Gasteiger partial charge in [-0.05, 0) is 42.5 Å². The molecular weight excluding hydrogens is 533 g/mol. The van der Waals surface area contributed by atoms with Gasteiger partial charge in [-0.1, -0.05) is 11.6 Å². The van der Waals surface area contributed by atoms with Crippen molar-refractivity contribution >= 4 is 55.5 Å². The largest absolute Gasteiger partial charge is 0.382 e. The van der Waals surface area contributed by atoms with E-state index in [1.807, 2.05) is 4.90 Å². The first-order valence-corrected chi connectivity index (χ1v) is 13.8. The number of sulfonamides is 1. The third-order valence-electron chi connectivity index (χ3n) is 6.04. The first kappa shape index (κ1) is 26.0. The van der Waals surface area contributed by atoms with Crippen LogP contribution in [0.15, 0.2) is 54.9 Å². The van der Waals surface area contributed by atoms with Crippen LogP contribution >= 0.6 is 11.6 Å². The minimum absolute atomic E-state index is 0.00474. The first-order valence-electron chi connectivity index (χ1n) is 11.8. The summed E-state index contributed by atoms with van der Waals surface area (Å²) < 4.78 is 47.0. The molecule has 0 radical (unpaired) electrons. The molecule has 0 unspecified atom stereocenters. The Morgan fingerprint density at radius 3 is 2.68 bits per heavy atom. The third kappa shape index (κ3) is 6.10. The van der Waals surface area contributed by atoms with Crippen molar-refractivity contribution in [3.8, 4) is 11.3 Å². The van der Waals surface area contributed by atoms with Crippen molar-refractivity contribution in [1.82, 2.24) is 19.9 Å². The van der Waals surface area contributed by atoms with Crippen molar-refractivity contribution in [3.05, 3.63) is 65.7 Å². The van der Waals surface area contributed by atoms with Gasteiger partial charge in [0.05, 0.1) is 46.6 Å². The van der Waals surface area contributed by atoms with Gasteiger partial charge in [-0.25, -0.2) is 22.8 Å². The Morgan fingerprint density at radius 1 is 1.08 bits per heavy atom. The van der Waals surface area contributed by atoms with Crippen LogP contribution in [0.2, 0.25) is 5.02 Å². The molecule has 0 amide bonds. The van der Waals surface area contributed by atoms with E-state index >= 15 is 0 Å². The quantitative estimate of drug-likeness (QED) is 0.295. The van der Waals surface area contributed by atoms with Crippen LogP contribution in [0.3, 0.4) is 0 Å². The maximum Gasteiger partial charge on any atom is 0.234 e. The summed E-state index contributed by atoms with van der Waals surface area (Å²) in [5.41, 5.74) is 9.66. The van der Waals surface area contributed by atoms with Crippen molar-refractivity contribution < 1.29 is 17.5 Å². The number of hydrogen-bond acceptors (Lipinski definition) is 9. The van der Waals surface area contributed by atoms with Gasteiger partial charge in [0.25, 0.3) is 0 Å². The average Bonchev–Trinajstić information content (AvgIpc) is 2.91. The van der Waals surface area contributed by atoms with E-state index in [0.29, 0.717) is 66.5 Å². The minimum atomic E-state index is -3.67. The Balaban J connectivity index is 1.40. The lowest BCUT2D eigenvalue weighted by molar-refractivity contribution is 0.0408. The topological polar surface area (TPSA) is 135 Å². The van der Waals surface area contributed by atoms with Gasteiger partial charge in [-0.2, -0.15) is 0 Å². The van der Waals surface area contributed by atoms with E-state index in [9.17, 15) is 12.8 Å². The highest BCUT2D eigenvalue weighted by Crippen LogP contribution is 2.30. The number of rotatable bonds is 8. The molecule has 1 fully saturated rings. The van der Waals surface area contributed by atoms with Crippen LogP contribution in [0.1, 0.15) is 0 Å². The second-order valence-corrected chi connectivity index (χ2v) is 11.0. The molecule has 1 aliphatic rings. The van der Waals surface area contributed by atoms with Gasteiger partial charge in [-0.15, -0.1) is 0 Å². The van der Waals surface area contributed by atoms with Crippen LogP contribution in [0.25, 0.3) is 22.3 Å². The predicted octanol–water partition coefficient (Wildman–Crippen LogP) is 3.88. The number of nitrogens with zero attached hydrogens (tertiary/aromatic N) is 4. The third-order valence-corrected chi connectivity index (χ3v) is 7.58. The number of morpholine rings is 1. The summed E-state index contributed by atoms with van der Waals surface area (Å²) in [6, 6.07) is 11.2. The first-order chi connectivity index (χ1) is 18.3. The van der Waals surface area contributed by atoms with E-state index in [1.54, 1.807) is 36.5 Å². The highest BCUT2D eigenvalue weighted by Gasteiger charge is 2.18. The summed E-state index contributed by atoms with van der Waals surface area (Å²) in [5, 5.41) is 3.19. The van der Waals surface area contributed by atoms with Crippen molar-refractivity contribution in [2.75, 3.05) is 54.4 Å². The molecule has 0 spiro atoms. The van der Waals surface area contributed by atoms with Crippen LogP contribution < -0.4 is 15.8 Å². The number of hydrogen-bond donors (Lipinski definition) is 3. The average molecular weight is 558 g/mol. The van der Waals surface area contributed by atoms with Crippen LogP contribution in [-0.4, -0.2) is 66.9 Å². The van der Waals surface area contributed by atoms with Crippen molar-refractivity contribution in [2.45, 2.75) is 0 Å². The van der Waals surface area contributed by atoms with E-state index in [4.69, 9.17) is 27.1 Å². The minimum Gasteiger partial charge on any atom is -0.382 e. The molecule has 4 heterocycles. The van der Waals surface area contributed by atoms with Gasteiger partial charge in [0.15, 0.2) is 0 Å². The number of nitrogens with one attached hydrogen (secondary N) is 2. The maximum absolute atomic E-state index is 13.6. The molecule has 0 atom stereocenters. The van der Waals surface area contributed by atoms with Gasteiger partial charge in [0.2, 0.25) is 10.0 Å². The molecule has 10 nitrogen and oxygen atoms in total. The summed E-state index contributed by atoms with van der Waals surface area (Å²) in [6.45, 7) is 2.97. The fraction of sp³-hybridized carbons (Fsp3) is 0.240. The molecule has 3 aromatic heterocycles. The number of benzene rings is 1. The SMILES string of the molecule is Nc1ncc(-c2ccc3nccc(Nc4ccc(F)c(Cl)c4)c3n2)cc1NS(=O)(=O)CCN1CCOCC1. The molecule has 1 saturated heterocycles. The summed E-state index contributed by atoms with van der Waals surface area (Å²) in [6.07, 6.45) is 3.16. The predicted molar refractivity (Wildman–Crippen MR) is 147 cm³/mol. The Kier molecular flexibility index (Phi) is 7.56. The zero-order valence-corrected chi connectivity index (χ0v) is 21.8. The van der Waals surface area contributed by atoms with Crippen molar-refractivity contribution in [3.63, 3.8) is 0 Å². The number of fused-ring (bicyclic) bond motifs is 1. The Morgan fingerprint density at radius 2 is 1.89 bits per heavy atom. The Labute approximate surface area is 224 Å². The van der Waals surface area contributed by atoms with E-state index in [0.717, 1.165) is 0 Å². The lowest BCUT2D eigenvalue weighted by Gasteiger charge is -2.26. The second-order valence-electron chi connectivity index (χ2n) is 8.71. The van der Waals surface area contributed by atoms with Gasteiger partial charge < -0.3 is 15.8 Å². The van der Waals surface area contributed by atoms with Gasteiger partial charge in [0, 0.05) is 43.3 Å². The molecule has 198 valence electrons. The van der Waals surface area contributed by atoms with Crippen molar-refractivity contribution in [2.24, 2.45) is 0 Å². The number of halogens is 2. The standard InChI is InChI=1S/C25H25ClFN7O3S/c26-18-14-17(1-2-19(18)27)31-22-5-6-29-21-4-3-20(32-24(21)22)16-13-23(25(28)30-15-16)33-38(35,36)12-9-34-7-10-37-11-8-34/h1-6,13-15,33H,7-12H2,(H2,28,30)(H,29,31). The van der Waals surface area contributed by atoms with E-state index in [-0.39, 0.29) is 22.3 Å². The number of nitrogens with two attached hydrogens (primary N) is 1. The molecule has 1 aliphatic heterocycles. The van der Waals surface area contributed by atoms with E-state index < -0.39 is 15.8 Å². The number of anilines is 4. The molecule has 5 rings (SSSR count). The second kappa shape index (κ2) is 11.0. The maximum atomic E-state index is 13.6. The molecule has 1 aromatic carbocycles. The highest BCUT2D eigenvalue weighted by atomic mass is 35.5. The molecule has 13 heteroatoms. The zero-order chi connectivity index (χ0) is 26.7. The smallest absolute Gasteiger partial charge is 0.234 e. The Hall–Kier alpha value is -3.58. The lowest BCUT2D eigenvalue weighted by Crippen LogP contribution is -2.39. The normalized spacial score (nSPS) is 14.5. The molecule has 0 saturated carbocycles. The lowest BCUT2D eigenvalue weighted by atomic mass is 10.1. The number of ether oxygens (including phenoxy) is 1. The summed E-state index contributed by atoms with van der Waals surface area (Å²) in [7, 11) is -3.67. The molecular formula is C25H25ClFN7O3S. The summed E-state index contributed by atoms with van der Waals surface area (Å²) >= 11 is 5.92. The zero-order valence-electron chi connectivity index (χ0n) is 20.2. The van der Waals surface area contributed by atoms with Crippen LogP contribution in [0.5, 0.6) is 0 Å². The van der Waals surface area contributed by atoms with Gasteiger partial charge in [0.1, 0.15) is 17.2 Å². The van der Waals surface area contributed by atoms with Gasteiger partial charge >= 0.3 is 0 Å². The summed E-state index contributed by atoms with van der Waals surface area (Å²) in [5.74, 6) is -0.541. The molecule has 38 heavy (non-hydrogen) atoms. The number of nitrogen functional groups attached to an aromatic ring is 1. The van der Waals surface area contributed by atoms with Crippen LogP contribution in [0.4, 0.5) is 27.3 Å². The highest BCUT2D eigenvalue weighted by molar-refractivity contribution is 7.92. The van der Waals surface area contributed by atoms with E-state index in [1.165, 1.54) is 18.3 Å². The van der Waals surface area contributed by atoms with Crippen molar-refractivity contribution in [1.29, 1.82) is 0 Å². The molecule has 0 bridgehead atoms. The van der Waals surface area contributed by atoms with E-state index in [2.05, 4.69) is 20.0 Å². The monoisotopic (exact) mass is 557 g/mol. The molecule has 4 N–H and O–H groups in total. The number of aromatic nitrogens is 3. The summed E-state index contributed by atoms with van der Waals surface area (Å²) in [4.78, 5) is 15.3. The fourth-order valence-electron chi connectivity index (χ4n) is 4.01. The van der Waals surface area contributed by atoms with Crippen LogP contribution in [-0.2, 0) is 14.8 Å². The van der Waals surface area contributed by atoms with Gasteiger partial charge in [-0.3, -0.25) is 14.6 Å².